The first-order valence-electron chi connectivity index (χ1n) is 7.31. The molecule has 2 rings (SSSR count). The summed E-state index contributed by atoms with van der Waals surface area (Å²) in [4.78, 5) is 38.1. The van der Waals surface area contributed by atoms with Crippen LogP contribution in [0.25, 0.3) is 0 Å². The molecule has 1 aliphatic heterocycles. The van der Waals surface area contributed by atoms with Gasteiger partial charge in [0.05, 0.1) is 12.6 Å². The Labute approximate surface area is 123 Å². The van der Waals surface area contributed by atoms with Crippen molar-refractivity contribution in [3.63, 3.8) is 0 Å². The largest absolute Gasteiger partial charge is 0.480 e. The Morgan fingerprint density at radius 1 is 1.33 bits per heavy atom. The number of carboxylic acids is 1. The highest BCUT2D eigenvalue weighted by Crippen LogP contribution is 2.50. The van der Waals surface area contributed by atoms with Gasteiger partial charge in [-0.1, -0.05) is 0 Å². The summed E-state index contributed by atoms with van der Waals surface area (Å²) in [5.41, 5.74) is 2.98. The number of likely N-dealkylation sites (tertiary alicyclic amines) is 1. The molecule has 1 saturated heterocycles. The summed E-state index contributed by atoms with van der Waals surface area (Å²) in [6.07, 6.45) is 1.77. The highest BCUT2D eigenvalue weighted by molar-refractivity contribution is 6.11. The lowest BCUT2D eigenvalue weighted by Crippen LogP contribution is -2.65. The lowest BCUT2D eigenvalue weighted by atomic mass is 9.86. The van der Waals surface area contributed by atoms with E-state index in [-0.39, 0.29) is 13.0 Å². The van der Waals surface area contributed by atoms with Crippen LogP contribution >= 0.6 is 0 Å². The Balaban J connectivity index is 2.40. The standard InChI is InChI=1S/C14H22N2O5/c1-3-21-12(20)13(6-7-13)16-8-4-5-14(16,11(18)19)10(17)9(2)15/h9H,3-8,15H2,1-2H3,(H,18,19). The third-order valence-corrected chi connectivity index (χ3v) is 4.45. The predicted octanol–water partition coefficient (Wildman–Crippen LogP) is -0.0824. The minimum absolute atomic E-state index is 0.184. The molecule has 21 heavy (non-hydrogen) atoms. The van der Waals surface area contributed by atoms with Crippen LogP contribution in [0.5, 0.6) is 0 Å². The molecule has 2 unspecified atom stereocenters. The van der Waals surface area contributed by atoms with Crippen molar-refractivity contribution in [3.05, 3.63) is 0 Å². The van der Waals surface area contributed by atoms with Gasteiger partial charge in [-0.25, -0.2) is 4.79 Å². The Morgan fingerprint density at radius 2 is 1.95 bits per heavy atom. The summed E-state index contributed by atoms with van der Waals surface area (Å²) in [5, 5.41) is 9.69. The molecule has 118 valence electrons. The summed E-state index contributed by atoms with van der Waals surface area (Å²) < 4.78 is 5.08. The van der Waals surface area contributed by atoms with Crippen molar-refractivity contribution < 1.29 is 24.2 Å². The molecule has 7 heteroatoms. The van der Waals surface area contributed by atoms with Gasteiger partial charge in [-0.05, 0) is 39.5 Å². The highest BCUT2D eigenvalue weighted by atomic mass is 16.5. The Morgan fingerprint density at radius 3 is 2.38 bits per heavy atom. The quantitative estimate of drug-likeness (QED) is 0.521. The van der Waals surface area contributed by atoms with E-state index < -0.39 is 34.8 Å². The molecule has 7 nitrogen and oxygen atoms in total. The van der Waals surface area contributed by atoms with E-state index in [1.807, 2.05) is 0 Å². The van der Waals surface area contributed by atoms with E-state index in [1.54, 1.807) is 6.92 Å². The summed E-state index contributed by atoms with van der Waals surface area (Å²) in [5.74, 6) is -2.20. The molecule has 2 fully saturated rings. The molecular weight excluding hydrogens is 276 g/mol. The third-order valence-electron chi connectivity index (χ3n) is 4.45. The SMILES string of the molecule is CCOC(=O)C1(N2CCCC2(C(=O)O)C(=O)C(C)N)CC1. The predicted molar refractivity (Wildman–Crippen MR) is 73.6 cm³/mol. The number of hydrogen-bond donors (Lipinski definition) is 2. The van der Waals surface area contributed by atoms with E-state index in [2.05, 4.69) is 0 Å². The number of nitrogens with zero attached hydrogens (tertiary/aromatic N) is 1. The number of nitrogens with two attached hydrogens (primary N) is 1. The van der Waals surface area contributed by atoms with Crippen LogP contribution in [0.1, 0.15) is 39.5 Å². The van der Waals surface area contributed by atoms with Crippen LogP contribution in [-0.2, 0) is 19.1 Å². The lowest BCUT2D eigenvalue weighted by Gasteiger charge is -2.39. The normalized spacial score (nSPS) is 28.9. The average molecular weight is 298 g/mol. The minimum atomic E-state index is -1.70. The summed E-state index contributed by atoms with van der Waals surface area (Å²) in [6.45, 7) is 3.81. The Hall–Kier alpha value is -1.47. The van der Waals surface area contributed by atoms with Gasteiger partial charge in [-0.2, -0.15) is 0 Å². The molecule has 0 aromatic carbocycles. The number of Topliss-reactive ketones (excluding diaryl/α,β-unsaturated/α-hetero) is 1. The van der Waals surface area contributed by atoms with E-state index in [9.17, 15) is 19.5 Å². The van der Waals surface area contributed by atoms with Crippen LogP contribution in [0.3, 0.4) is 0 Å². The molecule has 0 radical (unpaired) electrons. The first kappa shape index (κ1) is 15.9. The molecule has 1 heterocycles. The van der Waals surface area contributed by atoms with Gasteiger partial charge in [0.25, 0.3) is 0 Å². The van der Waals surface area contributed by atoms with Gasteiger partial charge in [-0.3, -0.25) is 14.5 Å². The maximum absolute atomic E-state index is 12.5. The van der Waals surface area contributed by atoms with Gasteiger partial charge in [0, 0.05) is 6.54 Å². The fourth-order valence-corrected chi connectivity index (χ4v) is 3.33. The van der Waals surface area contributed by atoms with Crippen molar-refractivity contribution >= 4 is 17.7 Å². The lowest BCUT2D eigenvalue weighted by molar-refractivity contribution is -0.165. The fourth-order valence-electron chi connectivity index (χ4n) is 3.33. The van der Waals surface area contributed by atoms with Crippen molar-refractivity contribution in [2.24, 2.45) is 5.73 Å². The molecule has 0 amide bonds. The van der Waals surface area contributed by atoms with Crippen molar-refractivity contribution in [2.45, 2.75) is 56.7 Å². The van der Waals surface area contributed by atoms with Crippen molar-refractivity contribution in [1.82, 2.24) is 4.90 Å². The van der Waals surface area contributed by atoms with E-state index in [0.717, 1.165) is 0 Å². The van der Waals surface area contributed by atoms with Crippen LogP contribution in [0.15, 0.2) is 0 Å². The second-order valence-electron chi connectivity index (χ2n) is 5.83. The minimum Gasteiger partial charge on any atom is -0.480 e. The molecule has 3 N–H and O–H groups in total. The van der Waals surface area contributed by atoms with Crippen LogP contribution in [0, 0.1) is 0 Å². The van der Waals surface area contributed by atoms with Crippen LogP contribution in [-0.4, -0.2) is 58.0 Å². The molecule has 0 aromatic heterocycles. The van der Waals surface area contributed by atoms with Crippen molar-refractivity contribution in [1.29, 1.82) is 0 Å². The van der Waals surface area contributed by atoms with Gasteiger partial charge in [0.2, 0.25) is 0 Å². The number of ether oxygens (including phenoxy) is 1. The number of esters is 1. The molecule has 1 saturated carbocycles. The topological polar surface area (TPSA) is 110 Å². The van der Waals surface area contributed by atoms with E-state index in [0.29, 0.717) is 25.8 Å². The number of carboxylic acid groups (broad SMARTS) is 1. The van der Waals surface area contributed by atoms with E-state index >= 15 is 0 Å². The maximum atomic E-state index is 12.5. The summed E-state index contributed by atoms with van der Waals surface area (Å²) in [6, 6.07) is -0.889. The number of carbonyl (C=O) groups is 3. The van der Waals surface area contributed by atoms with Gasteiger partial charge in [-0.15, -0.1) is 0 Å². The number of carbonyl (C=O) groups excluding carboxylic acids is 2. The molecule has 2 atom stereocenters. The molecule has 1 aliphatic carbocycles. The second kappa shape index (κ2) is 5.38. The van der Waals surface area contributed by atoms with Gasteiger partial charge in [0.15, 0.2) is 11.3 Å². The monoisotopic (exact) mass is 298 g/mol. The Kier molecular flexibility index (Phi) is 4.08. The van der Waals surface area contributed by atoms with Crippen LogP contribution in [0.4, 0.5) is 0 Å². The number of aliphatic carboxylic acids is 1. The van der Waals surface area contributed by atoms with Crippen LogP contribution in [0.2, 0.25) is 0 Å². The first-order valence-corrected chi connectivity index (χ1v) is 7.31. The van der Waals surface area contributed by atoms with E-state index in [4.69, 9.17) is 10.5 Å². The number of ketones is 1. The molecule has 0 bridgehead atoms. The van der Waals surface area contributed by atoms with Crippen molar-refractivity contribution in [2.75, 3.05) is 13.2 Å². The molecule has 2 aliphatic rings. The molecule has 0 spiro atoms. The first-order chi connectivity index (χ1) is 9.83. The number of rotatable bonds is 6. The maximum Gasteiger partial charge on any atom is 0.332 e. The van der Waals surface area contributed by atoms with E-state index in [1.165, 1.54) is 11.8 Å². The zero-order valence-electron chi connectivity index (χ0n) is 12.4. The zero-order chi connectivity index (χ0) is 15.8. The Bertz CT molecular complexity index is 472. The highest BCUT2D eigenvalue weighted by Gasteiger charge is 2.67. The fraction of sp³-hybridized carbons (Fsp3) is 0.786. The average Bonchev–Trinajstić information content (AvgIpc) is 3.10. The summed E-state index contributed by atoms with van der Waals surface area (Å²) in [7, 11) is 0. The van der Waals surface area contributed by atoms with Gasteiger partial charge < -0.3 is 15.6 Å². The second-order valence-corrected chi connectivity index (χ2v) is 5.83. The third kappa shape index (κ3) is 2.24. The summed E-state index contributed by atoms with van der Waals surface area (Å²) >= 11 is 0. The van der Waals surface area contributed by atoms with Gasteiger partial charge >= 0.3 is 11.9 Å². The van der Waals surface area contributed by atoms with Crippen molar-refractivity contribution in [3.8, 4) is 0 Å². The zero-order valence-corrected chi connectivity index (χ0v) is 12.4. The number of hydrogen-bond acceptors (Lipinski definition) is 6. The molecular formula is C14H22N2O5. The van der Waals surface area contributed by atoms with Gasteiger partial charge in [0.1, 0.15) is 5.54 Å². The molecule has 0 aromatic rings. The van der Waals surface area contributed by atoms with Crippen LogP contribution < -0.4 is 5.73 Å². The smallest absolute Gasteiger partial charge is 0.332 e.